The summed E-state index contributed by atoms with van der Waals surface area (Å²) >= 11 is 0. The molecule has 0 aromatic carbocycles. The van der Waals surface area contributed by atoms with Gasteiger partial charge in [0.15, 0.2) is 0 Å². The molecule has 1 saturated heterocycles. The van der Waals surface area contributed by atoms with E-state index in [1.165, 1.54) is 12.8 Å². The van der Waals surface area contributed by atoms with Gasteiger partial charge in [-0.2, -0.15) is 0 Å². The quantitative estimate of drug-likeness (QED) is 0.883. The van der Waals surface area contributed by atoms with Crippen LogP contribution in [0.3, 0.4) is 0 Å². The number of nitrogens with one attached hydrogen (secondary N) is 2. The molecule has 0 amide bonds. The maximum atomic E-state index is 4.65. The van der Waals surface area contributed by atoms with Crippen LogP contribution < -0.4 is 10.6 Å². The highest BCUT2D eigenvalue weighted by molar-refractivity contribution is 5.55. The Morgan fingerprint density at radius 1 is 1.35 bits per heavy atom. The molecule has 1 fully saturated rings. The van der Waals surface area contributed by atoms with Gasteiger partial charge in [0.2, 0.25) is 0 Å². The first-order valence-electron chi connectivity index (χ1n) is 7.02. The van der Waals surface area contributed by atoms with Crippen molar-refractivity contribution >= 4 is 5.82 Å². The number of rotatable bonds is 3. The average Bonchev–Trinajstić information content (AvgIpc) is 2.80. The summed E-state index contributed by atoms with van der Waals surface area (Å²) in [5.74, 6) is 1.80. The first-order chi connectivity index (χ1) is 9.74. The number of aryl methyl sites for hydroxylation is 1. The lowest BCUT2D eigenvalue weighted by atomic mass is 10.1. The van der Waals surface area contributed by atoms with Gasteiger partial charge in [0, 0.05) is 19.6 Å². The summed E-state index contributed by atoms with van der Waals surface area (Å²) in [4.78, 5) is 13.2. The predicted molar refractivity (Wildman–Crippen MR) is 78.5 cm³/mol. The van der Waals surface area contributed by atoms with Crippen molar-refractivity contribution in [2.75, 3.05) is 18.4 Å². The van der Waals surface area contributed by atoms with Gasteiger partial charge < -0.3 is 15.2 Å². The van der Waals surface area contributed by atoms with E-state index in [1.807, 2.05) is 24.7 Å². The molecule has 0 radical (unpaired) electrons. The Balaban J connectivity index is 1.80. The van der Waals surface area contributed by atoms with Crippen molar-refractivity contribution in [1.29, 1.82) is 0 Å². The van der Waals surface area contributed by atoms with Crippen molar-refractivity contribution in [1.82, 2.24) is 24.8 Å². The van der Waals surface area contributed by atoms with Crippen molar-refractivity contribution in [3.05, 3.63) is 24.4 Å². The fourth-order valence-corrected chi connectivity index (χ4v) is 2.48. The molecule has 2 aromatic heterocycles. The largest absolute Gasteiger partial charge is 0.365 e. The van der Waals surface area contributed by atoms with E-state index in [9.17, 15) is 0 Å². The molecule has 0 spiro atoms. The van der Waals surface area contributed by atoms with Crippen molar-refractivity contribution in [3.8, 4) is 11.4 Å². The number of hydrogen-bond donors (Lipinski definition) is 2. The van der Waals surface area contributed by atoms with Crippen LogP contribution in [0.5, 0.6) is 0 Å². The minimum absolute atomic E-state index is 0.432. The minimum Gasteiger partial charge on any atom is -0.365 e. The van der Waals surface area contributed by atoms with Gasteiger partial charge in [-0.3, -0.25) is 4.98 Å². The zero-order valence-corrected chi connectivity index (χ0v) is 11.9. The predicted octanol–water partition coefficient (Wildman–Crippen LogP) is 1.35. The van der Waals surface area contributed by atoms with E-state index in [4.69, 9.17) is 0 Å². The first-order valence-corrected chi connectivity index (χ1v) is 7.02. The Morgan fingerprint density at radius 3 is 2.95 bits per heavy atom. The van der Waals surface area contributed by atoms with Crippen LogP contribution in [0.15, 0.2) is 18.6 Å². The molecule has 0 unspecified atom stereocenters. The number of hydrogen-bond acceptors (Lipinski definition) is 5. The van der Waals surface area contributed by atoms with Crippen LogP contribution >= 0.6 is 0 Å². The lowest BCUT2D eigenvalue weighted by Gasteiger charge is -2.24. The maximum absolute atomic E-state index is 4.65. The molecule has 0 aliphatic carbocycles. The molecule has 20 heavy (non-hydrogen) atoms. The Kier molecular flexibility index (Phi) is 3.64. The van der Waals surface area contributed by atoms with E-state index in [0.717, 1.165) is 36.1 Å². The highest BCUT2D eigenvalue weighted by Gasteiger charge is 2.14. The third-order valence-corrected chi connectivity index (χ3v) is 3.77. The molecule has 1 aliphatic rings. The fraction of sp³-hybridized carbons (Fsp3) is 0.500. The second-order valence-electron chi connectivity index (χ2n) is 5.23. The van der Waals surface area contributed by atoms with E-state index in [0.29, 0.717) is 6.04 Å². The molecule has 6 heteroatoms. The molecule has 2 aromatic rings. The summed E-state index contributed by atoms with van der Waals surface area (Å²) in [6.07, 6.45) is 7.77. The van der Waals surface area contributed by atoms with Crippen molar-refractivity contribution in [2.24, 2.45) is 7.05 Å². The zero-order chi connectivity index (χ0) is 13.9. The van der Waals surface area contributed by atoms with Gasteiger partial charge in [0.1, 0.15) is 17.3 Å². The van der Waals surface area contributed by atoms with Crippen LogP contribution in [-0.2, 0) is 7.05 Å². The standard InChI is InChI=1S/C14H20N6/c1-10-17-8-13(20(10)2)12-7-16-9-14(19-12)18-11-4-3-5-15-6-11/h7-9,11,15H,3-6H2,1-2H3,(H,18,19)/t11-/m1/s1. The normalized spacial score (nSPS) is 19.0. The van der Waals surface area contributed by atoms with Gasteiger partial charge in [-0.05, 0) is 26.3 Å². The molecule has 3 rings (SSSR count). The van der Waals surface area contributed by atoms with Crippen LogP contribution in [0.25, 0.3) is 11.4 Å². The highest BCUT2D eigenvalue weighted by atomic mass is 15.1. The van der Waals surface area contributed by atoms with Gasteiger partial charge in [0.05, 0.1) is 24.3 Å². The Morgan fingerprint density at radius 2 is 2.25 bits per heavy atom. The van der Waals surface area contributed by atoms with Crippen LogP contribution in [0.4, 0.5) is 5.82 Å². The molecule has 6 nitrogen and oxygen atoms in total. The summed E-state index contributed by atoms with van der Waals surface area (Å²) in [5.41, 5.74) is 1.84. The van der Waals surface area contributed by atoms with Crippen LogP contribution in [-0.4, -0.2) is 38.7 Å². The van der Waals surface area contributed by atoms with E-state index >= 15 is 0 Å². The smallest absolute Gasteiger partial charge is 0.145 e. The summed E-state index contributed by atoms with van der Waals surface area (Å²) in [7, 11) is 1.99. The maximum Gasteiger partial charge on any atom is 0.145 e. The van der Waals surface area contributed by atoms with Crippen molar-refractivity contribution in [3.63, 3.8) is 0 Å². The number of imidazole rings is 1. The highest BCUT2D eigenvalue weighted by Crippen LogP contribution is 2.18. The Hall–Kier alpha value is -1.95. The van der Waals surface area contributed by atoms with Gasteiger partial charge in [-0.15, -0.1) is 0 Å². The van der Waals surface area contributed by atoms with Crippen LogP contribution in [0, 0.1) is 6.92 Å². The first kappa shape index (κ1) is 13.1. The zero-order valence-electron chi connectivity index (χ0n) is 11.9. The van der Waals surface area contributed by atoms with E-state index in [-0.39, 0.29) is 0 Å². The number of nitrogens with zero attached hydrogens (tertiary/aromatic N) is 4. The summed E-state index contributed by atoms with van der Waals surface area (Å²) in [6, 6.07) is 0.432. The fourth-order valence-electron chi connectivity index (χ4n) is 2.48. The molecule has 2 N–H and O–H groups in total. The third kappa shape index (κ3) is 2.65. The molecular weight excluding hydrogens is 252 g/mol. The molecule has 0 saturated carbocycles. The number of piperidine rings is 1. The molecule has 1 atom stereocenters. The molecule has 106 valence electrons. The Bertz CT molecular complexity index is 585. The Labute approximate surface area is 118 Å². The molecule has 1 aliphatic heterocycles. The third-order valence-electron chi connectivity index (χ3n) is 3.77. The van der Waals surface area contributed by atoms with E-state index in [2.05, 4.69) is 25.6 Å². The van der Waals surface area contributed by atoms with Gasteiger partial charge in [-0.25, -0.2) is 9.97 Å². The van der Waals surface area contributed by atoms with Gasteiger partial charge in [0.25, 0.3) is 0 Å². The van der Waals surface area contributed by atoms with Crippen molar-refractivity contribution < 1.29 is 0 Å². The van der Waals surface area contributed by atoms with E-state index in [1.54, 1.807) is 12.4 Å². The lowest BCUT2D eigenvalue weighted by molar-refractivity contribution is 0.479. The average molecular weight is 272 g/mol. The minimum atomic E-state index is 0.432. The van der Waals surface area contributed by atoms with Gasteiger partial charge >= 0.3 is 0 Å². The monoisotopic (exact) mass is 272 g/mol. The number of anilines is 1. The molecular formula is C14H20N6. The molecule has 3 heterocycles. The topological polar surface area (TPSA) is 67.7 Å². The summed E-state index contributed by atoms with van der Waals surface area (Å²) in [6.45, 7) is 4.07. The van der Waals surface area contributed by atoms with E-state index < -0.39 is 0 Å². The van der Waals surface area contributed by atoms with Crippen LogP contribution in [0.1, 0.15) is 18.7 Å². The lowest BCUT2D eigenvalue weighted by Crippen LogP contribution is -2.38. The van der Waals surface area contributed by atoms with Crippen LogP contribution in [0.2, 0.25) is 0 Å². The van der Waals surface area contributed by atoms with Crippen molar-refractivity contribution in [2.45, 2.75) is 25.8 Å². The summed E-state index contributed by atoms with van der Waals surface area (Å²) in [5, 5.41) is 6.84. The second kappa shape index (κ2) is 5.58. The van der Waals surface area contributed by atoms with Gasteiger partial charge in [-0.1, -0.05) is 0 Å². The SMILES string of the molecule is Cc1ncc(-c2cncc(N[C@@H]3CCCNC3)n2)n1C. The number of aromatic nitrogens is 4. The summed E-state index contributed by atoms with van der Waals surface area (Å²) < 4.78 is 2.02. The molecule has 0 bridgehead atoms. The second-order valence-corrected chi connectivity index (χ2v) is 5.23.